The van der Waals surface area contributed by atoms with Gasteiger partial charge in [0.25, 0.3) is 0 Å². The van der Waals surface area contributed by atoms with E-state index in [-0.39, 0.29) is 24.5 Å². The van der Waals surface area contributed by atoms with Gasteiger partial charge in [-0.1, -0.05) is 63.2 Å². The molecule has 0 fully saturated rings. The molecule has 0 aliphatic heterocycles. The lowest BCUT2D eigenvalue weighted by atomic mass is 10.1. The van der Waals surface area contributed by atoms with Crippen LogP contribution in [0, 0.1) is 0 Å². The summed E-state index contributed by atoms with van der Waals surface area (Å²) in [6, 6.07) is -1.21. The quantitative estimate of drug-likeness (QED) is 0.200. The van der Waals surface area contributed by atoms with E-state index < -0.39 is 18.5 Å². The molecule has 22 heavy (non-hydrogen) atoms. The minimum absolute atomic E-state index is 0.0856. The van der Waals surface area contributed by atoms with E-state index in [4.69, 9.17) is 13.0 Å². The summed E-state index contributed by atoms with van der Waals surface area (Å²) in [5.74, 6) is -0.178. The molecule has 0 N–H and O–H groups in total. The van der Waals surface area contributed by atoms with Gasteiger partial charge in [-0.15, -0.1) is 0 Å². The van der Waals surface area contributed by atoms with Crippen molar-refractivity contribution in [3.63, 3.8) is 0 Å². The van der Waals surface area contributed by atoms with Crippen molar-refractivity contribution in [1.82, 2.24) is 0 Å². The molecule has 0 aromatic heterocycles. The minimum atomic E-state index is -2.39. The smallest absolute Gasteiger partial charge is 0.305 e. The van der Waals surface area contributed by atoms with Crippen LogP contribution in [-0.2, 0) is 9.53 Å². The van der Waals surface area contributed by atoms with Crippen LogP contribution in [0.1, 0.15) is 99.1 Å². The van der Waals surface area contributed by atoms with Gasteiger partial charge in [-0.25, -0.2) is 0 Å². The van der Waals surface area contributed by atoms with Gasteiger partial charge in [0.2, 0.25) is 0 Å². The van der Waals surface area contributed by atoms with Crippen LogP contribution in [0.15, 0.2) is 24.2 Å². The van der Waals surface area contributed by atoms with Gasteiger partial charge in [0.15, 0.2) is 0 Å². The average molecular weight is 315 g/mol. The zero-order valence-electron chi connectivity index (χ0n) is 20.3. The number of unbranched alkanes of at least 4 members (excludes halogenated alkanes) is 6. The third kappa shape index (κ3) is 17.0. The van der Waals surface area contributed by atoms with Crippen molar-refractivity contribution in [2.45, 2.75) is 90.8 Å². The fraction of sp³-hybridized carbons (Fsp3) is 0.750. The average Bonchev–Trinajstić information content (AvgIpc) is 2.65. The summed E-state index contributed by atoms with van der Waals surface area (Å²) in [7, 11) is 0. The summed E-state index contributed by atoms with van der Waals surface area (Å²) in [6.07, 6.45) is 5.36. The Hall–Kier alpha value is -1.05. The summed E-state index contributed by atoms with van der Waals surface area (Å²) < 4.78 is 52.7. The van der Waals surface area contributed by atoms with Gasteiger partial charge in [-0.05, 0) is 45.4 Å². The van der Waals surface area contributed by atoms with Crippen molar-refractivity contribution in [2.24, 2.45) is 0 Å². The second-order valence-electron chi connectivity index (χ2n) is 5.26. The van der Waals surface area contributed by atoms with E-state index in [0.29, 0.717) is 25.9 Å². The van der Waals surface area contributed by atoms with Crippen LogP contribution in [0.2, 0.25) is 0 Å². The number of carbonyl (C=O) groups excluding carboxylic acids is 1. The first-order chi connectivity index (χ1) is 13.2. The molecule has 0 bridgehead atoms. The highest BCUT2D eigenvalue weighted by molar-refractivity contribution is 5.69. The molecule has 2 heteroatoms. The van der Waals surface area contributed by atoms with Gasteiger partial charge < -0.3 is 4.74 Å². The van der Waals surface area contributed by atoms with Crippen LogP contribution in [-0.4, -0.2) is 12.6 Å². The summed E-state index contributed by atoms with van der Waals surface area (Å²) >= 11 is 0. The Morgan fingerprint density at radius 3 is 2.14 bits per heavy atom. The maximum absolute atomic E-state index is 11.2. The maximum Gasteiger partial charge on any atom is 0.305 e. The molecule has 0 saturated carbocycles. The zero-order chi connectivity index (χ0) is 21.6. The topological polar surface area (TPSA) is 26.3 Å². The Labute approximate surface area is 146 Å². The molecule has 0 spiro atoms. The Kier molecular flexibility index (Phi) is 10.1. The standard InChI is InChI=1S/C20H36O2/c1-3-5-6-7-8-9-10-11-12-13-14-15-16-17-18-19-20(21)22-4-2/h8-9,11-12H,3-7,10,13-19H2,1-2H3/b9-8-,12-11-/i8D,9D,10D2,11D,12D. The van der Waals surface area contributed by atoms with Crippen LogP contribution in [0.4, 0.5) is 0 Å². The van der Waals surface area contributed by atoms with E-state index in [2.05, 4.69) is 0 Å². The first-order valence-corrected chi connectivity index (χ1v) is 8.67. The van der Waals surface area contributed by atoms with Crippen molar-refractivity contribution < 1.29 is 17.8 Å². The summed E-state index contributed by atoms with van der Waals surface area (Å²) in [5.41, 5.74) is 0. The fourth-order valence-corrected chi connectivity index (χ4v) is 1.95. The Balaban J connectivity index is 4.44. The van der Waals surface area contributed by atoms with Crippen LogP contribution >= 0.6 is 0 Å². The first-order valence-electron chi connectivity index (χ1n) is 11.7. The lowest BCUT2D eigenvalue weighted by Gasteiger charge is -2.01. The molecule has 128 valence electrons. The van der Waals surface area contributed by atoms with Crippen LogP contribution in [0.5, 0.6) is 0 Å². The number of esters is 1. The Bertz CT molecular complexity index is 529. The molecule has 0 aromatic rings. The maximum atomic E-state index is 11.2. The second-order valence-corrected chi connectivity index (χ2v) is 5.26. The van der Waals surface area contributed by atoms with E-state index in [1.54, 1.807) is 6.92 Å². The predicted octanol–water partition coefficient (Wildman–Crippen LogP) is 6.36. The zero-order valence-corrected chi connectivity index (χ0v) is 14.3. The molecule has 2 nitrogen and oxygen atoms in total. The monoisotopic (exact) mass is 314 g/mol. The molecule has 0 aliphatic rings. The number of allylic oxidation sites excluding steroid dienone is 4. The first kappa shape index (κ1) is 12.4. The number of rotatable bonds is 15. The molecule has 0 aliphatic carbocycles. The summed E-state index contributed by atoms with van der Waals surface area (Å²) in [5, 5.41) is 0. The largest absolute Gasteiger partial charge is 0.466 e. The van der Waals surface area contributed by atoms with Crippen molar-refractivity contribution in [1.29, 1.82) is 0 Å². The third-order valence-electron chi connectivity index (χ3n) is 3.20. The van der Waals surface area contributed by atoms with Gasteiger partial charge >= 0.3 is 5.97 Å². The van der Waals surface area contributed by atoms with E-state index in [0.717, 1.165) is 44.9 Å². The number of hydrogen-bond donors (Lipinski definition) is 0. The Morgan fingerprint density at radius 2 is 1.50 bits per heavy atom. The summed E-state index contributed by atoms with van der Waals surface area (Å²) in [4.78, 5) is 11.2. The highest BCUT2D eigenvalue weighted by Crippen LogP contribution is 2.08. The lowest BCUT2D eigenvalue weighted by Crippen LogP contribution is -2.03. The number of carbonyl (C=O) groups is 1. The normalized spacial score (nSPS) is 17.9. The van der Waals surface area contributed by atoms with Crippen LogP contribution < -0.4 is 0 Å². The molecule has 0 rings (SSSR count). The Morgan fingerprint density at radius 1 is 0.909 bits per heavy atom. The molecule has 0 unspecified atom stereocenters. The molecule has 0 aromatic carbocycles. The molecule has 0 saturated heterocycles. The lowest BCUT2D eigenvalue weighted by molar-refractivity contribution is -0.143. The second kappa shape index (κ2) is 18.0. The molecule has 0 radical (unpaired) electrons. The van der Waals surface area contributed by atoms with Gasteiger partial charge in [0.05, 0.1) is 12.1 Å². The predicted molar refractivity (Wildman–Crippen MR) is 96.0 cm³/mol. The highest BCUT2D eigenvalue weighted by Gasteiger charge is 2.00. The van der Waals surface area contributed by atoms with Crippen molar-refractivity contribution >= 4 is 5.97 Å². The molecule has 0 amide bonds. The van der Waals surface area contributed by atoms with Crippen molar-refractivity contribution in [2.75, 3.05) is 6.61 Å². The van der Waals surface area contributed by atoms with E-state index in [9.17, 15) is 4.79 Å². The molecular formula is C20H36O2. The van der Waals surface area contributed by atoms with E-state index in [1.165, 1.54) is 0 Å². The van der Waals surface area contributed by atoms with E-state index >= 15 is 0 Å². The third-order valence-corrected chi connectivity index (χ3v) is 3.20. The minimum Gasteiger partial charge on any atom is -0.466 e. The number of hydrogen-bond acceptors (Lipinski definition) is 2. The van der Waals surface area contributed by atoms with Crippen LogP contribution in [0.3, 0.4) is 0 Å². The van der Waals surface area contributed by atoms with Crippen molar-refractivity contribution in [3.8, 4) is 0 Å². The van der Waals surface area contributed by atoms with Crippen molar-refractivity contribution in [3.05, 3.63) is 24.2 Å². The molecule has 0 atom stereocenters. The summed E-state index contributed by atoms with van der Waals surface area (Å²) in [6.45, 7) is 4.21. The van der Waals surface area contributed by atoms with Crippen LogP contribution in [0.25, 0.3) is 0 Å². The van der Waals surface area contributed by atoms with Gasteiger partial charge in [-0.2, -0.15) is 0 Å². The SMILES string of the molecule is [2H]/C(CCCCC)=C(\[2H])C([2H])([2H])/C([2H])=C(/[2H])CCCCCCCC(=O)OCC. The van der Waals surface area contributed by atoms with Gasteiger partial charge in [-0.3, -0.25) is 4.79 Å². The number of ether oxygens (including phenoxy) is 1. The van der Waals surface area contributed by atoms with E-state index in [1.807, 2.05) is 6.92 Å². The highest BCUT2D eigenvalue weighted by atomic mass is 16.5. The molecular weight excluding hydrogens is 272 g/mol. The molecule has 0 heterocycles. The fourth-order valence-electron chi connectivity index (χ4n) is 1.95. The van der Waals surface area contributed by atoms with Gasteiger partial charge in [0, 0.05) is 9.16 Å². The van der Waals surface area contributed by atoms with Gasteiger partial charge in [0.1, 0.15) is 0 Å².